The molecule has 0 aliphatic carbocycles. The highest BCUT2D eigenvalue weighted by Gasteiger charge is 2.34. The van der Waals surface area contributed by atoms with Crippen molar-refractivity contribution in [1.29, 1.82) is 0 Å². The molecular weight excluding hydrogens is 279 g/mol. The summed E-state index contributed by atoms with van der Waals surface area (Å²) in [4.78, 5) is 0. The molecule has 0 saturated heterocycles. The van der Waals surface area contributed by atoms with Crippen LogP contribution in [0.15, 0.2) is 24.3 Å². The highest BCUT2D eigenvalue weighted by atomic mass is 19.4. The van der Waals surface area contributed by atoms with Gasteiger partial charge >= 0.3 is 6.18 Å². The zero-order chi connectivity index (χ0) is 16.0. The van der Waals surface area contributed by atoms with Gasteiger partial charge in [0.25, 0.3) is 0 Å². The summed E-state index contributed by atoms with van der Waals surface area (Å²) >= 11 is 0. The molecule has 0 radical (unpaired) electrons. The van der Waals surface area contributed by atoms with E-state index in [1.165, 1.54) is 12.1 Å². The number of benzene rings is 1. The summed E-state index contributed by atoms with van der Waals surface area (Å²) in [5.41, 5.74) is -0.309. The minimum Gasteiger partial charge on any atom is -0.380 e. The summed E-state index contributed by atoms with van der Waals surface area (Å²) < 4.78 is 44.6. The summed E-state index contributed by atoms with van der Waals surface area (Å²) in [5, 5.41) is 3.26. The van der Waals surface area contributed by atoms with E-state index >= 15 is 0 Å². The van der Waals surface area contributed by atoms with Crippen molar-refractivity contribution in [2.75, 3.05) is 13.2 Å². The van der Waals surface area contributed by atoms with E-state index in [0.717, 1.165) is 6.07 Å². The van der Waals surface area contributed by atoms with Crippen LogP contribution in [0.4, 0.5) is 13.2 Å². The maximum Gasteiger partial charge on any atom is 0.416 e. The van der Waals surface area contributed by atoms with Crippen molar-refractivity contribution < 1.29 is 17.9 Å². The largest absolute Gasteiger partial charge is 0.416 e. The van der Waals surface area contributed by atoms with Crippen molar-refractivity contribution in [1.82, 2.24) is 5.32 Å². The lowest BCUT2D eigenvalue weighted by Crippen LogP contribution is -2.40. The van der Waals surface area contributed by atoms with Crippen molar-refractivity contribution in [3.63, 3.8) is 0 Å². The zero-order valence-corrected chi connectivity index (χ0v) is 13.0. The van der Waals surface area contributed by atoms with Crippen molar-refractivity contribution in [2.24, 2.45) is 5.92 Å². The number of halogens is 3. The van der Waals surface area contributed by atoms with Gasteiger partial charge in [0.15, 0.2) is 0 Å². The molecule has 1 N–H and O–H groups in total. The molecule has 0 amide bonds. The smallest absolute Gasteiger partial charge is 0.380 e. The SMILES string of the molecule is CCOCC(NC(C)c1ccccc1C(F)(F)F)C(C)C. The molecule has 2 unspecified atom stereocenters. The molecule has 2 nitrogen and oxygen atoms in total. The third-order valence-corrected chi connectivity index (χ3v) is 3.50. The second kappa shape index (κ2) is 7.80. The molecule has 5 heteroatoms. The quantitative estimate of drug-likeness (QED) is 0.805. The number of rotatable bonds is 7. The Kier molecular flexibility index (Phi) is 6.68. The number of ether oxygens (including phenoxy) is 1. The average molecular weight is 303 g/mol. The molecular formula is C16H24F3NO. The van der Waals surface area contributed by atoms with E-state index in [0.29, 0.717) is 13.2 Å². The normalized spacial score (nSPS) is 15.2. The Labute approximate surface area is 124 Å². The molecule has 21 heavy (non-hydrogen) atoms. The van der Waals surface area contributed by atoms with Gasteiger partial charge in [0.1, 0.15) is 0 Å². The molecule has 0 fully saturated rings. The summed E-state index contributed by atoms with van der Waals surface area (Å²) in [6, 6.07) is 5.32. The fraction of sp³-hybridized carbons (Fsp3) is 0.625. The molecule has 1 rings (SSSR count). The van der Waals surface area contributed by atoms with Crippen molar-refractivity contribution in [2.45, 2.75) is 46.0 Å². The lowest BCUT2D eigenvalue weighted by molar-refractivity contribution is -0.138. The van der Waals surface area contributed by atoms with E-state index in [1.807, 2.05) is 20.8 Å². The number of alkyl halides is 3. The molecule has 1 aromatic carbocycles. The van der Waals surface area contributed by atoms with Crippen LogP contribution >= 0.6 is 0 Å². The standard InChI is InChI=1S/C16H24F3NO/c1-5-21-10-15(11(2)3)20-12(4)13-8-6-7-9-14(13)16(17,18)19/h6-9,11-12,15,20H,5,10H2,1-4H3. The summed E-state index contributed by atoms with van der Waals surface area (Å²) in [6.07, 6.45) is -4.33. The lowest BCUT2D eigenvalue weighted by Gasteiger charge is -2.28. The van der Waals surface area contributed by atoms with Gasteiger partial charge in [0, 0.05) is 18.7 Å². The topological polar surface area (TPSA) is 21.3 Å². The van der Waals surface area contributed by atoms with Crippen LogP contribution in [0.3, 0.4) is 0 Å². The first kappa shape index (κ1) is 18.0. The maximum absolute atomic E-state index is 13.1. The Bertz CT molecular complexity index is 432. The molecule has 0 aromatic heterocycles. The summed E-state index contributed by atoms with van der Waals surface area (Å²) in [6.45, 7) is 8.80. The number of hydrogen-bond donors (Lipinski definition) is 1. The molecule has 0 spiro atoms. The first-order valence-electron chi connectivity index (χ1n) is 7.27. The third-order valence-electron chi connectivity index (χ3n) is 3.50. The monoisotopic (exact) mass is 303 g/mol. The van der Waals surface area contributed by atoms with E-state index in [2.05, 4.69) is 5.32 Å². The highest BCUT2D eigenvalue weighted by Crippen LogP contribution is 2.34. The van der Waals surface area contributed by atoms with Crippen LogP contribution in [0.2, 0.25) is 0 Å². The minimum atomic E-state index is -4.33. The average Bonchev–Trinajstić information content (AvgIpc) is 2.42. The second-order valence-corrected chi connectivity index (χ2v) is 5.48. The first-order valence-corrected chi connectivity index (χ1v) is 7.27. The Morgan fingerprint density at radius 1 is 1.14 bits per heavy atom. The van der Waals surface area contributed by atoms with Crippen LogP contribution in [0.25, 0.3) is 0 Å². The van der Waals surface area contributed by atoms with Gasteiger partial charge in [-0.15, -0.1) is 0 Å². The molecule has 0 aliphatic heterocycles. The first-order chi connectivity index (χ1) is 9.77. The van der Waals surface area contributed by atoms with Crippen molar-refractivity contribution >= 4 is 0 Å². The molecule has 0 bridgehead atoms. The van der Waals surface area contributed by atoms with Crippen LogP contribution < -0.4 is 5.32 Å². The molecule has 2 atom stereocenters. The minimum absolute atomic E-state index is 0.0150. The van der Waals surface area contributed by atoms with Gasteiger partial charge in [-0.25, -0.2) is 0 Å². The van der Waals surface area contributed by atoms with Gasteiger partial charge < -0.3 is 10.1 Å². The number of hydrogen-bond acceptors (Lipinski definition) is 2. The molecule has 0 heterocycles. The van der Waals surface area contributed by atoms with Crippen LogP contribution in [-0.2, 0) is 10.9 Å². The van der Waals surface area contributed by atoms with Crippen LogP contribution in [0, 0.1) is 5.92 Å². The fourth-order valence-corrected chi connectivity index (χ4v) is 2.22. The van der Waals surface area contributed by atoms with E-state index in [4.69, 9.17) is 4.74 Å². The van der Waals surface area contributed by atoms with E-state index < -0.39 is 17.8 Å². The van der Waals surface area contributed by atoms with E-state index in [9.17, 15) is 13.2 Å². The van der Waals surface area contributed by atoms with Crippen molar-refractivity contribution in [3.05, 3.63) is 35.4 Å². The predicted octanol–water partition coefficient (Wildman–Crippen LogP) is 4.42. The Hall–Kier alpha value is -1.07. The Morgan fingerprint density at radius 3 is 2.29 bits per heavy atom. The maximum atomic E-state index is 13.1. The van der Waals surface area contributed by atoms with Crippen LogP contribution in [0.1, 0.15) is 44.9 Å². The number of nitrogens with one attached hydrogen (secondary N) is 1. The highest BCUT2D eigenvalue weighted by molar-refractivity contribution is 5.32. The van der Waals surface area contributed by atoms with Gasteiger partial charge in [-0.3, -0.25) is 0 Å². The molecule has 0 aliphatic rings. The zero-order valence-electron chi connectivity index (χ0n) is 13.0. The molecule has 120 valence electrons. The second-order valence-electron chi connectivity index (χ2n) is 5.48. The molecule has 1 aromatic rings. The van der Waals surface area contributed by atoms with Gasteiger partial charge in [-0.05, 0) is 31.4 Å². The Balaban J connectivity index is 2.90. The lowest BCUT2D eigenvalue weighted by atomic mass is 9.98. The third kappa shape index (κ3) is 5.32. The van der Waals surface area contributed by atoms with Gasteiger partial charge in [-0.1, -0.05) is 32.0 Å². The van der Waals surface area contributed by atoms with Gasteiger partial charge in [-0.2, -0.15) is 13.2 Å². The van der Waals surface area contributed by atoms with Gasteiger partial charge in [0.2, 0.25) is 0 Å². The van der Waals surface area contributed by atoms with Gasteiger partial charge in [0.05, 0.1) is 12.2 Å². The van der Waals surface area contributed by atoms with Crippen LogP contribution in [0.5, 0.6) is 0 Å². The van der Waals surface area contributed by atoms with E-state index in [1.54, 1.807) is 13.0 Å². The summed E-state index contributed by atoms with van der Waals surface area (Å²) in [7, 11) is 0. The fourth-order valence-electron chi connectivity index (χ4n) is 2.22. The van der Waals surface area contributed by atoms with Crippen LogP contribution in [-0.4, -0.2) is 19.3 Å². The predicted molar refractivity (Wildman–Crippen MR) is 78.1 cm³/mol. The Morgan fingerprint density at radius 2 is 1.76 bits per heavy atom. The van der Waals surface area contributed by atoms with Crippen molar-refractivity contribution in [3.8, 4) is 0 Å². The van der Waals surface area contributed by atoms with E-state index in [-0.39, 0.29) is 17.5 Å². The molecule has 0 saturated carbocycles. The summed E-state index contributed by atoms with van der Waals surface area (Å²) in [5.74, 6) is 0.275.